The van der Waals surface area contributed by atoms with Gasteiger partial charge in [-0.2, -0.15) is 0 Å². The molecule has 0 unspecified atom stereocenters. The Bertz CT molecular complexity index is 494. The van der Waals surface area contributed by atoms with Gasteiger partial charge in [-0.05, 0) is 30.5 Å². The summed E-state index contributed by atoms with van der Waals surface area (Å²) in [6.45, 7) is -0.0712. The van der Waals surface area contributed by atoms with Crippen LogP contribution in [-0.4, -0.2) is 37.5 Å². The second-order valence-corrected chi connectivity index (χ2v) is 4.83. The van der Waals surface area contributed by atoms with Gasteiger partial charge in [0.15, 0.2) is 0 Å². The fraction of sp³-hybridized carbons (Fsp3) is 0.429. The number of hydrogen-bond acceptors (Lipinski definition) is 3. The highest BCUT2D eigenvalue weighted by Crippen LogP contribution is 2.49. The molecule has 1 aromatic rings. The Kier molecular flexibility index (Phi) is 3.55. The lowest BCUT2D eigenvalue weighted by Gasteiger charge is -2.22. The van der Waals surface area contributed by atoms with Crippen LogP contribution in [-0.2, 0) is 19.7 Å². The van der Waals surface area contributed by atoms with Crippen molar-refractivity contribution < 1.29 is 18.7 Å². The molecule has 0 spiro atoms. The van der Waals surface area contributed by atoms with Gasteiger partial charge in [-0.1, -0.05) is 12.1 Å². The first kappa shape index (κ1) is 13.5. The predicted octanol–water partition coefficient (Wildman–Crippen LogP) is 1.49. The predicted molar refractivity (Wildman–Crippen MR) is 67.0 cm³/mol. The lowest BCUT2D eigenvalue weighted by atomic mass is 9.94. The van der Waals surface area contributed by atoms with Gasteiger partial charge in [0.2, 0.25) is 5.91 Å². The van der Waals surface area contributed by atoms with Crippen LogP contribution in [0.15, 0.2) is 24.3 Å². The minimum Gasteiger partial charge on any atom is -0.468 e. The third-order valence-corrected chi connectivity index (χ3v) is 3.50. The van der Waals surface area contributed by atoms with Gasteiger partial charge < -0.3 is 9.64 Å². The third-order valence-electron chi connectivity index (χ3n) is 3.50. The fourth-order valence-corrected chi connectivity index (χ4v) is 2.22. The van der Waals surface area contributed by atoms with Crippen molar-refractivity contribution in [3.05, 3.63) is 35.6 Å². The van der Waals surface area contributed by atoms with Crippen LogP contribution in [0.1, 0.15) is 18.4 Å². The Morgan fingerprint density at radius 2 is 1.89 bits per heavy atom. The van der Waals surface area contributed by atoms with E-state index >= 15 is 0 Å². The molecule has 0 aliphatic heterocycles. The van der Waals surface area contributed by atoms with Crippen LogP contribution in [0.2, 0.25) is 0 Å². The molecule has 19 heavy (non-hydrogen) atoms. The largest absolute Gasteiger partial charge is 0.468 e. The topological polar surface area (TPSA) is 46.6 Å². The van der Waals surface area contributed by atoms with Crippen LogP contribution >= 0.6 is 0 Å². The molecular weight excluding hydrogens is 249 g/mol. The highest BCUT2D eigenvalue weighted by atomic mass is 19.1. The van der Waals surface area contributed by atoms with E-state index in [0.717, 1.165) is 18.4 Å². The van der Waals surface area contributed by atoms with Gasteiger partial charge in [0.1, 0.15) is 12.4 Å². The molecule has 1 amide bonds. The Balaban J connectivity index is 2.14. The van der Waals surface area contributed by atoms with Crippen molar-refractivity contribution in [3.8, 4) is 0 Å². The zero-order chi connectivity index (χ0) is 14.0. The van der Waals surface area contributed by atoms with Crippen molar-refractivity contribution in [2.45, 2.75) is 18.3 Å². The van der Waals surface area contributed by atoms with E-state index < -0.39 is 11.4 Å². The molecule has 1 aliphatic carbocycles. The van der Waals surface area contributed by atoms with Crippen molar-refractivity contribution >= 4 is 11.9 Å². The van der Waals surface area contributed by atoms with Crippen molar-refractivity contribution in [1.82, 2.24) is 4.90 Å². The molecule has 1 aliphatic rings. The van der Waals surface area contributed by atoms with Gasteiger partial charge in [-0.3, -0.25) is 9.59 Å². The SMILES string of the molecule is COC(=O)CN(C)C(=O)C1(c2ccc(F)cc2)CC1. The zero-order valence-electron chi connectivity index (χ0n) is 11.0. The molecule has 4 nitrogen and oxygen atoms in total. The van der Waals surface area contributed by atoms with E-state index in [1.54, 1.807) is 19.2 Å². The summed E-state index contributed by atoms with van der Waals surface area (Å²) in [5.41, 5.74) is 0.215. The number of esters is 1. The van der Waals surface area contributed by atoms with E-state index in [1.165, 1.54) is 24.1 Å². The third kappa shape index (κ3) is 2.59. The molecule has 0 N–H and O–H groups in total. The summed E-state index contributed by atoms with van der Waals surface area (Å²) in [6, 6.07) is 5.96. The minimum atomic E-state index is -0.587. The van der Waals surface area contributed by atoms with Gasteiger partial charge >= 0.3 is 5.97 Å². The molecule has 0 aromatic heterocycles. The number of likely N-dealkylation sites (N-methyl/N-ethyl adjacent to an activating group) is 1. The number of carbonyl (C=O) groups is 2. The van der Waals surface area contributed by atoms with Crippen molar-refractivity contribution in [3.63, 3.8) is 0 Å². The Hall–Kier alpha value is -1.91. The van der Waals surface area contributed by atoms with E-state index in [-0.39, 0.29) is 18.3 Å². The summed E-state index contributed by atoms with van der Waals surface area (Å²) >= 11 is 0. The summed E-state index contributed by atoms with van der Waals surface area (Å²) in [6.07, 6.45) is 1.45. The van der Waals surface area contributed by atoms with Crippen LogP contribution in [0.5, 0.6) is 0 Å². The molecule has 1 fully saturated rings. The molecular formula is C14H16FNO3. The van der Waals surface area contributed by atoms with Crippen molar-refractivity contribution in [2.75, 3.05) is 20.7 Å². The first-order chi connectivity index (χ1) is 8.99. The Labute approximate surface area is 111 Å². The minimum absolute atomic E-state index is 0.0712. The molecule has 0 saturated heterocycles. The lowest BCUT2D eigenvalue weighted by molar-refractivity contribution is -0.146. The van der Waals surface area contributed by atoms with E-state index in [0.29, 0.717) is 0 Å². The van der Waals surface area contributed by atoms with Crippen LogP contribution in [0.25, 0.3) is 0 Å². The van der Waals surface area contributed by atoms with E-state index in [4.69, 9.17) is 0 Å². The lowest BCUT2D eigenvalue weighted by Crippen LogP contribution is -2.39. The van der Waals surface area contributed by atoms with Gasteiger partial charge in [0, 0.05) is 7.05 Å². The van der Waals surface area contributed by atoms with E-state index in [1.807, 2.05) is 0 Å². The summed E-state index contributed by atoms with van der Waals surface area (Å²) in [4.78, 5) is 24.9. The zero-order valence-corrected chi connectivity index (χ0v) is 11.0. The molecule has 0 radical (unpaired) electrons. The number of amides is 1. The second-order valence-electron chi connectivity index (χ2n) is 4.83. The molecule has 1 saturated carbocycles. The Morgan fingerprint density at radius 1 is 1.32 bits per heavy atom. The monoisotopic (exact) mass is 265 g/mol. The highest BCUT2D eigenvalue weighted by molar-refractivity contribution is 5.93. The van der Waals surface area contributed by atoms with Gasteiger partial charge in [0.25, 0.3) is 0 Å². The number of carbonyl (C=O) groups excluding carboxylic acids is 2. The first-order valence-corrected chi connectivity index (χ1v) is 6.08. The van der Waals surface area contributed by atoms with Gasteiger partial charge in [0.05, 0.1) is 12.5 Å². The van der Waals surface area contributed by atoms with E-state index in [2.05, 4.69) is 4.74 Å². The quantitative estimate of drug-likeness (QED) is 0.775. The number of methoxy groups -OCH3 is 1. The van der Waals surface area contributed by atoms with Crippen LogP contribution in [0, 0.1) is 5.82 Å². The van der Waals surface area contributed by atoms with Crippen molar-refractivity contribution in [1.29, 1.82) is 0 Å². The average Bonchev–Trinajstić information content (AvgIpc) is 3.20. The Morgan fingerprint density at radius 3 is 2.37 bits per heavy atom. The van der Waals surface area contributed by atoms with Crippen LogP contribution in [0.3, 0.4) is 0 Å². The number of ether oxygens (including phenoxy) is 1. The summed E-state index contributed by atoms with van der Waals surface area (Å²) in [5, 5.41) is 0. The normalized spacial score (nSPS) is 15.7. The molecule has 2 rings (SSSR count). The summed E-state index contributed by atoms with van der Waals surface area (Å²) < 4.78 is 17.5. The smallest absolute Gasteiger partial charge is 0.325 e. The maximum absolute atomic E-state index is 12.9. The molecule has 0 bridgehead atoms. The van der Waals surface area contributed by atoms with Crippen molar-refractivity contribution in [2.24, 2.45) is 0 Å². The number of rotatable bonds is 4. The molecule has 0 atom stereocenters. The second kappa shape index (κ2) is 4.99. The molecule has 102 valence electrons. The first-order valence-electron chi connectivity index (χ1n) is 6.08. The highest BCUT2D eigenvalue weighted by Gasteiger charge is 2.52. The van der Waals surface area contributed by atoms with Crippen LogP contribution in [0.4, 0.5) is 4.39 Å². The molecule has 1 aromatic carbocycles. The van der Waals surface area contributed by atoms with E-state index in [9.17, 15) is 14.0 Å². The fourth-order valence-electron chi connectivity index (χ4n) is 2.22. The number of nitrogens with zero attached hydrogens (tertiary/aromatic N) is 1. The van der Waals surface area contributed by atoms with Crippen LogP contribution < -0.4 is 0 Å². The maximum Gasteiger partial charge on any atom is 0.325 e. The average molecular weight is 265 g/mol. The summed E-state index contributed by atoms with van der Waals surface area (Å²) in [7, 11) is 2.86. The standard InChI is InChI=1S/C14H16FNO3/c1-16(9-12(17)19-2)13(18)14(7-8-14)10-3-5-11(15)6-4-10/h3-6H,7-9H2,1-2H3. The number of hydrogen-bond donors (Lipinski definition) is 0. The number of benzene rings is 1. The summed E-state index contributed by atoms with van der Waals surface area (Å²) in [5.74, 6) is -0.898. The number of halogens is 1. The molecule has 0 heterocycles. The van der Waals surface area contributed by atoms with Gasteiger partial charge in [-0.25, -0.2) is 4.39 Å². The van der Waals surface area contributed by atoms with Gasteiger partial charge in [-0.15, -0.1) is 0 Å². The maximum atomic E-state index is 12.9. The molecule has 5 heteroatoms.